The van der Waals surface area contributed by atoms with Gasteiger partial charge in [0.25, 0.3) is 0 Å². The second kappa shape index (κ2) is 4.65. The number of nitrogens with two attached hydrogens (primary N) is 1. The van der Waals surface area contributed by atoms with Crippen molar-refractivity contribution in [1.29, 1.82) is 0 Å². The predicted molar refractivity (Wildman–Crippen MR) is 73.9 cm³/mol. The molecule has 4 nitrogen and oxygen atoms in total. The first-order valence-electron chi connectivity index (χ1n) is 6.06. The summed E-state index contributed by atoms with van der Waals surface area (Å²) in [4.78, 5) is 0. The molecule has 0 saturated carbocycles. The largest absolute Gasteiger partial charge is 0.488 e. The summed E-state index contributed by atoms with van der Waals surface area (Å²) in [6.07, 6.45) is 0. The second-order valence-electron chi connectivity index (χ2n) is 4.47. The molecule has 96 valence electrons. The highest BCUT2D eigenvalue weighted by molar-refractivity contribution is 5.92. The maximum absolute atomic E-state index is 5.80. The summed E-state index contributed by atoms with van der Waals surface area (Å²) in [5.41, 5.74) is 8.76. The summed E-state index contributed by atoms with van der Waals surface area (Å²) in [6, 6.07) is 13.8. The third kappa shape index (κ3) is 2.25. The molecule has 0 spiro atoms. The number of benzene rings is 2. The lowest BCUT2D eigenvalue weighted by Gasteiger charge is -2.07. The van der Waals surface area contributed by atoms with Crippen LogP contribution in [-0.2, 0) is 6.61 Å². The monoisotopic (exact) mass is 254 g/mol. The van der Waals surface area contributed by atoms with Crippen LogP contribution in [0.2, 0.25) is 0 Å². The fraction of sp³-hybridized carbons (Fsp3) is 0.133. The standard InChI is InChI=1S/C15H14N2O2/c1-10-5-7-11(8-6-10)9-18-12-3-2-4-13-14(12)15(16)17-19-13/h2-8H,9H2,1H3,(H2,16,17). The highest BCUT2D eigenvalue weighted by Crippen LogP contribution is 2.30. The molecule has 0 aliphatic carbocycles. The molecule has 2 aromatic carbocycles. The molecule has 19 heavy (non-hydrogen) atoms. The Bertz CT molecular complexity index is 702. The molecule has 0 fully saturated rings. The number of aryl methyl sites for hydroxylation is 1. The molecule has 0 amide bonds. The number of fused-ring (bicyclic) bond motifs is 1. The zero-order valence-electron chi connectivity index (χ0n) is 10.6. The van der Waals surface area contributed by atoms with E-state index in [4.69, 9.17) is 15.0 Å². The van der Waals surface area contributed by atoms with Crippen LogP contribution in [0.3, 0.4) is 0 Å². The van der Waals surface area contributed by atoms with E-state index in [2.05, 4.69) is 24.2 Å². The lowest BCUT2D eigenvalue weighted by Crippen LogP contribution is -1.96. The highest BCUT2D eigenvalue weighted by Gasteiger charge is 2.10. The molecule has 1 heterocycles. The zero-order chi connectivity index (χ0) is 13.2. The van der Waals surface area contributed by atoms with Crippen molar-refractivity contribution in [2.75, 3.05) is 5.73 Å². The Labute approximate surface area is 110 Å². The minimum absolute atomic E-state index is 0.356. The van der Waals surface area contributed by atoms with Crippen molar-refractivity contribution in [3.05, 3.63) is 53.6 Å². The van der Waals surface area contributed by atoms with Crippen LogP contribution >= 0.6 is 0 Å². The summed E-state index contributed by atoms with van der Waals surface area (Å²) in [5, 5.41) is 4.48. The Morgan fingerprint density at radius 3 is 2.74 bits per heavy atom. The SMILES string of the molecule is Cc1ccc(COc2cccc3onc(N)c23)cc1. The van der Waals surface area contributed by atoms with Crippen molar-refractivity contribution < 1.29 is 9.26 Å². The number of ether oxygens (including phenoxy) is 1. The molecule has 1 aromatic heterocycles. The van der Waals surface area contributed by atoms with Gasteiger partial charge in [0.2, 0.25) is 0 Å². The van der Waals surface area contributed by atoms with E-state index in [1.165, 1.54) is 5.56 Å². The second-order valence-corrected chi connectivity index (χ2v) is 4.47. The fourth-order valence-corrected chi connectivity index (χ4v) is 1.95. The first kappa shape index (κ1) is 11.6. The van der Waals surface area contributed by atoms with E-state index >= 15 is 0 Å². The molecule has 0 radical (unpaired) electrons. The Morgan fingerprint density at radius 2 is 1.95 bits per heavy atom. The van der Waals surface area contributed by atoms with Crippen LogP contribution < -0.4 is 10.5 Å². The van der Waals surface area contributed by atoms with Crippen LogP contribution in [0, 0.1) is 6.92 Å². The first-order chi connectivity index (χ1) is 9.24. The number of hydrogen-bond donors (Lipinski definition) is 1. The fourth-order valence-electron chi connectivity index (χ4n) is 1.95. The van der Waals surface area contributed by atoms with Crippen molar-refractivity contribution in [2.45, 2.75) is 13.5 Å². The minimum Gasteiger partial charge on any atom is -0.488 e. The van der Waals surface area contributed by atoms with Crippen LogP contribution in [0.25, 0.3) is 11.0 Å². The van der Waals surface area contributed by atoms with Crippen LogP contribution in [-0.4, -0.2) is 5.16 Å². The van der Waals surface area contributed by atoms with Gasteiger partial charge in [-0.05, 0) is 24.6 Å². The van der Waals surface area contributed by atoms with Crippen molar-refractivity contribution in [1.82, 2.24) is 5.16 Å². The van der Waals surface area contributed by atoms with E-state index in [1.807, 2.05) is 30.3 Å². The van der Waals surface area contributed by atoms with E-state index in [9.17, 15) is 0 Å². The number of hydrogen-bond acceptors (Lipinski definition) is 4. The molecule has 0 unspecified atom stereocenters. The summed E-state index contributed by atoms with van der Waals surface area (Å²) >= 11 is 0. The summed E-state index contributed by atoms with van der Waals surface area (Å²) in [5.74, 6) is 1.05. The summed E-state index contributed by atoms with van der Waals surface area (Å²) in [7, 11) is 0. The first-order valence-corrected chi connectivity index (χ1v) is 6.06. The maximum atomic E-state index is 5.80. The van der Waals surface area contributed by atoms with Crippen molar-refractivity contribution in [3.8, 4) is 5.75 Å². The predicted octanol–water partition coefficient (Wildman–Crippen LogP) is 3.30. The Balaban J connectivity index is 1.85. The normalized spacial score (nSPS) is 10.8. The van der Waals surface area contributed by atoms with Crippen LogP contribution in [0.1, 0.15) is 11.1 Å². The van der Waals surface area contributed by atoms with Crippen LogP contribution in [0.15, 0.2) is 47.0 Å². The molecule has 0 saturated heterocycles. The molecule has 0 bridgehead atoms. The number of nitrogens with zero attached hydrogens (tertiary/aromatic N) is 1. The van der Waals surface area contributed by atoms with E-state index in [0.717, 1.165) is 10.9 Å². The van der Waals surface area contributed by atoms with Crippen molar-refractivity contribution >= 4 is 16.8 Å². The number of aromatic nitrogens is 1. The van der Waals surface area contributed by atoms with Gasteiger partial charge in [0.15, 0.2) is 11.4 Å². The molecule has 0 aliphatic heterocycles. The third-order valence-electron chi connectivity index (χ3n) is 3.00. The zero-order valence-corrected chi connectivity index (χ0v) is 10.6. The highest BCUT2D eigenvalue weighted by atomic mass is 16.5. The molecule has 3 rings (SSSR count). The quantitative estimate of drug-likeness (QED) is 0.779. The van der Waals surface area contributed by atoms with Crippen molar-refractivity contribution in [3.63, 3.8) is 0 Å². The lowest BCUT2D eigenvalue weighted by atomic mass is 10.2. The van der Waals surface area contributed by atoms with Crippen molar-refractivity contribution in [2.24, 2.45) is 0 Å². The Kier molecular flexibility index (Phi) is 2.83. The van der Waals surface area contributed by atoms with Gasteiger partial charge in [-0.25, -0.2) is 0 Å². The molecule has 0 atom stereocenters. The summed E-state index contributed by atoms with van der Waals surface area (Å²) in [6.45, 7) is 2.55. The molecule has 0 aliphatic rings. The van der Waals surface area contributed by atoms with Crippen LogP contribution in [0.5, 0.6) is 5.75 Å². The van der Waals surface area contributed by atoms with Crippen LogP contribution in [0.4, 0.5) is 5.82 Å². The molecular weight excluding hydrogens is 240 g/mol. The smallest absolute Gasteiger partial charge is 0.178 e. The maximum Gasteiger partial charge on any atom is 0.178 e. The van der Waals surface area contributed by atoms with Gasteiger partial charge in [-0.1, -0.05) is 41.1 Å². The third-order valence-corrected chi connectivity index (χ3v) is 3.00. The lowest BCUT2D eigenvalue weighted by molar-refractivity contribution is 0.310. The van der Waals surface area contributed by atoms with Gasteiger partial charge in [0.05, 0.1) is 0 Å². The van der Waals surface area contributed by atoms with E-state index in [-0.39, 0.29) is 0 Å². The molecule has 3 aromatic rings. The average Bonchev–Trinajstić information content (AvgIpc) is 2.81. The Hall–Kier alpha value is -2.49. The van der Waals surface area contributed by atoms with Gasteiger partial charge in [0.1, 0.15) is 17.7 Å². The summed E-state index contributed by atoms with van der Waals surface area (Å²) < 4.78 is 10.9. The topological polar surface area (TPSA) is 61.3 Å². The van der Waals surface area contributed by atoms with Gasteiger partial charge in [-0.2, -0.15) is 0 Å². The number of rotatable bonds is 3. The van der Waals surface area contributed by atoms with Gasteiger partial charge < -0.3 is 15.0 Å². The molecular formula is C15H14N2O2. The molecule has 2 N–H and O–H groups in total. The number of nitrogen functional groups attached to an aromatic ring is 1. The van der Waals surface area contributed by atoms with E-state index < -0.39 is 0 Å². The average molecular weight is 254 g/mol. The van der Waals surface area contributed by atoms with Gasteiger partial charge in [-0.3, -0.25) is 0 Å². The Morgan fingerprint density at radius 1 is 1.16 bits per heavy atom. The van der Waals surface area contributed by atoms with E-state index in [0.29, 0.717) is 23.8 Å². The van der Waals surface area contributed by atoms with Gasteiger partial charge >= 0.3 is 0 Å². The van der Waals surface area contributed by atoms with E-state index in [1.54, 1.807) is 0 Å². The van der Waals surface area contributed by atoms with Gasteiger partial charge in [0, 0.05) is 0 Å². The number of anilines is 1. The molecule has 4 heteroatoms. The minimum atomic E-state index is 0.356. The van der Waals surface area contributed by atoms with Gasteiger partial charge in [-0.15, -0.1) is 0 Å².